The Morgan fingerprint density at radius 2 is 2.33 bits per heavy atom. The molecule has 0 fully saturated rings. The van der Waals surface area contributed by atoms with Crippen molar-refractivity contribution >= 4 is 5.97 Å². The molecular formula is C7H12O5. The minimum absolute atomic E-state index is 0.219. The summed E-state index contributed by atoms with van der Waals surface area (Å²) in [5.74, 6) is -0.621. The number of methoxy groups -OCH3 is 1. The lowest BCUT2D eigenvalue weighted by molar-refractivity contribution is -0.141. The summed E-state index contributed by atoms with van der Waals surface area (Å²) < 4.78 is 8.93. The van der Waals surface area contributed by atoms with E-state index in [-0.39, 0.29) is 6.61 Å². The van der Waals surface area contributed by atoms with Crippen LogP contribution in [0.4, 0.5) is 0 Å². The molecule has 1 unspecified atom stereocenters. The molecule has 0 amide bonds. The average Bonchev–Trinajstić information content (AvgIpc) is 2.10. The van der Waals surface area contributed by atoms with Crippen molar-refractivity contribution in [2.75, 3.05) is 20.3 Å². The summed E-state index contributed by atoms with van der Waals surface area (Å²) in [5.41, 5.74) is 0. The maximum Gasteiger partial charge on any atom is 0.333 e. The number of ether oxygens (including phenoxy) is 2. The molecule has 0 saturated heterocycles. The number of esters is 1. The first-order chi connectivity index (χ1) is 5.70. The van der Waals surface area contributed by atoms with Crippen LogP contribution in [0.25, 0.3) is 0 Å². The molecule has 0 saturated carbocycles. The summed E-state index contributed by atoms with van der Waals surface area (Å²) in [6, 6.07) is 0. The van der Waals surface area contributed by atoms with Crippen LogP contribution in [0.1, 0.15) is 0 Å². The molecule has 0 aliphatic rings. The summed E-state index contributed by atoms with van der Waals surface area (Å²) in [5, 5.41) is 17.1. The third-order valence-corrected chi connectivity index (χ3v) is 0.969. The lowest BCUT2D eigenvalue weighted by atomic mass is 10.4. The molecule has 5 heteroatoms. The second kappa shape index (κ2) is 6.63. The zero-order valence-corrected chi connectivity index (χ0v) is 6.77. The number of carbonyl (C=O) groups is 1. The normalized spacial score (nSPS) is 12.9. The van der Waals surface area contributed by atoms with Crippen molar-refractivity contribution in [2.45, 2.75) is 6.10 Å². The smallest absolute Gasteiger partial charge is 0.333 e. The number of aliphatic hydroxyl groups excluding tert-OH is 2. The molecule has 0 rings (SSSR count). The highest BCUT2D eigenvalue weighted by atomic mass is 16.5. The molecule has 70 valence electrons. The summed E-state index contributed by atoms with van der Waals surface area (Å²) in [7, 11) is 1.40. The maximum atomic E-state index is 10.6. The molecule has 0 aliphatic heterocycles. The molecule has 12 heavy (non-hydrogen) atoms. The van der Waals surface area contributed by atoms with Gasteiger partial charge in [0.2, 0.25) is 0 Å². The summed E-state index contributed by atoms with van der Waals surface area (Å²) >= 11 is 0. The summed E-state index contributed by atoms with van der Waals surface area (Å²) in [4.78, 5) is 10.6. The highest BCUT2D eigenvalue weighted by Crippen LogP contribution is 1.86. The number of rotatable bonds is 5. The van der Waals surface area contributed by atoms with E-state index in [1.165, 1.54) is 7.11 Å². The maximum absolute atomic E-state index is 10.6. The van der Waals surface area contributed by atoms with Gasteiger partial charge in [-0.2, -0.15) is 0 Å². The zero-order valence-electron chi connectivity index (χ0n) is 6.77. The Hall–Kier alpha value is -1.07. The minimum atomic E-state index is -1.02. The van der Waals surface area contributed by atoms with Gasteiger partial charge in [0.15, 0.2) is 0 Å². The van der Waals surface area contributed by atoms with Crippen LogP contribution in [0.5, 0.6) is 0 Å². The van der Waals surface area contributed by atoms with Crippen LogP contribution < -0.4 is 0 Å². The van der Waals surface area contributed by atoms with Crippen molar-refractivity contribution in [1.29, 1.82) is 0 Å². The van der Waals surface area contributed by atoms with Gasteiger partial charge in [-0.05, 0) is 0 Å². The molecule has 1 atom stereocenters. The Morgan fingerprint density at radius 3 is 2.83 bits per heavy atom. The van der Waals surface area contributed by atoms with Crippen molar-refractivity contribution in [1.82, 2.24) is 0 Å². The Labute approximate surface area is 70.2 Å². The van der Waals surface area contributed by atoms with Crippen LogP contribution >= 0.6 is 0 Å². The monoisotopic (exact) mass is 176 g/mol. The van der Waals surface area contributed by atoms with E-state index in [2.05, 4.69) is 9.47 Å². The molecule has 0 aliphatic carbocycles. The van der Waals surface area contributed by atoms with Gasteiger partial charge >= 0.3 is 5.97 Å². The number of hydrogen-bond donors (Lipinski definition) is 2. The number of carbonyl (C=O) groups excluding carboxylic acids is 1. The molecule has 2 N–H and O–H groups in total. The standard InChI is InChI=1S/C7H12O5/c1-11-3-2-7(10)12-5-6(9)4-8/h2-3,6,8-9H,4-5H2,1H3. The van der Waals surface area contributed by atoms with Gasteiger partial charge in [-0.25, -0.2) is 4.79 Å². The first-order valence-corrected chi connectivity index (χ1v) is 3.35. The van der Waals surface area contributed by atoms with Crippen LogP contribution in [0, 0.1) is 0 Å². The van der Waals surface area contributed by atoms with Crippen molar-refractivity contribution in [3.05, 3.63) is 12.3 Å². The van der Waals surface area contributed by atoms with E-state index in [4.69, 9.17) is 10.2 Å². The van der Waals surface area contributed by atoms with Crippen LogP contribution in [-0.4, -0.2) is 42.6 Å². The molecule has 0 spiro atoms. The predicted octanol–water partition coefficient (Wildman–Crippen LogP) is -0.957. The Bertz CT molecular complexity index is 154. The second-order valence-corrected chi connectivity index (χ2v) is 2.00. The van der Waals surface area contributed by atoms with E-state index < -0.39 is 18.7 Å². The van der Waals surface area contributed by atoms with Crippen molar-refractivity contribution < 1.29 is 24.5 Å². The topological polar surface area (TPSA) is 76.0 Å². The Balaban J connectivity index is 3.50. The van der Waals surface area contributed by atoms with Crippen LogP contribution in [0.2, 0.25) is 0 Å². The van der Waals surface area contributed by atoms with Crippen molar-refractivity contribution in [2.24, 2.45) is 0 Å². The van der Waals surface area contributed by atoms with Gasteiger partial charge in [0.05, 0.1) is 26.1 Å². The van der Waals surface area contributed by atoms with E-state index in [9.17, 15) is 4.79 Å². The fraction of sp³-hybridized carbons (Fsp3) is 0.571. The molecule has 0 radical (unpaired) electrons. The van der Waals surface area contributed by atoms with Crippen molar-refractivity contribution in [3.8, 4) is 0 Å². The highest BCUT2D eigenvalue weighted by Gasteiger charge is 2.04. The second-order valence-electron chi connectivity index (χ2n) is 2.00. The van der Waals surface area contributed by atoms with Gasteiger partial charge in [-0.1, -0.05) is 0 Å². The first-order valence-electron chi connectivity index (χ1n) is 3.35. The lowest BCUT2D eigenvalue weighted by Gasteiger charge is -2.05. The van der Waals surface area contributed by atoms with Gasteiger partial charge in [-0.3, -0.25) is 0 Å². The van der Waals surface area contributed by atoms with E-state index in [0.717, 1.165) is 12.3 Å². The van der Waals surface area contributed by atoms with Crippen LogP contribution in [0.15, 0.2) is 12.3 Å². The summed E-state index contributed by atoms with van der Waals surface area (Å²) in [6.45, 7) is -0.648. The first kappa shape index (κ1) is 10.9. The van der Waals surface area contributed by atoms with Gasteiger partial charge in [0, 0.05) is 0 Å². The third-order valence-electron chi connectivity index (χ3n) is 0.969. The van der Waals surface area contributed by atoms with E-state index in [1.54, 1.807) is 0 Å². The lowest BCUT2D eigenvalue weighted by Crippen LogP contribution is -2.21. The van der Waals surface area contributed by atoms with Gasteiger partial charge < -0.3 is 19.7 Å². The predicted molar refractivity (Wildman–Crippen MR) is 40.2 cm³/mol. The van der Waals surface area contributed by atoms with E-state index >= 15 is 0 Å². The largest absolute Gasteiger partial charge is 0.504 e. The number of aliphatic hydroxyl groups is 2. The molecule has 5 nitrogen and oxygen atoms in total. The fourth-order valence-electron chi connectivity index (χ4n) is 0.403. The molecule has 0 aromatic heterocycles. The third kappa shape index (κ3) is 5.70. The van der Waals surface area contributed by atoms with Crippen molar-refractivity contribution in [3.63, 3.8) is 0 Å². The molecule has 0 aromatic rings. The Morgan fingerprint density at radius 1 is 1.67 bits per heavy atom. The fourth-order valence-corrected chi connectivity index (χ4v) is 0.403. The number of hydrogen-bond acceptors (Lipinski definition) is 5. The van der Waals surface area contributed by atoms with Gasteiger partial charge in [-0.15, -0.1) is 0 Å². The van der Waals surface area contributed by atoms with E-state index in [1.807, 2.05) is 0 Å². The average molecular weight is 176 g/mol. The minimum Gasteiger partial charge on any atom is -0.504 e. The van der Waals surface area contributed by atoms with Crippen LogP contribution in [0.3, 0.4) is 0 Å². The van der Waals surface area contributed by atoms with Gasteiger partial charge in [0.1, 0.15) is 12.7 Å². The molecule has 0 heterocycles. The zero-order chi connectivity index (χ0) is 9.40. The quantitative estimate of drug-likeness (QED) is 0.320. The highest BCUT2D eigenvalue weighted by molar-refractivity contribution is 5.81. The molecule has 0 bridgehead atoms. The van der Waals surface area contributed by atoms with Crippen LogP contribution in [-0.2, 0) is 14.3 Å². The molecule has 0 aromatic carbocycles. The van der Waals surface area contributed by atoms with Gasteiger partial charge in [0.25, 0.3) is 0 Å². The van der Waals surface area contributed by atoms with E-state index in [0.29, 0.717) is 0 Å². The Kier molecular flexibility index (Phi) is 6.04. The molecular weight excluding hydrogens is 164 g/mol. The SMILES string of the molecule is COC=CC(=O)OCC(O)CO. The summed E-state index contributed by atoms with van der Waals surface area (Å²) in [6.07, 6.45) is 1.21.